The Kier molecular flexibility index (Phi) is 3.91. The molecule has 0 radical (unpaired) electrons. The van der Waals surface area contributed by atoms with Gasteiger partial charge >= 0.3 is 0 Å². The van der Waals surface area contributed by atoms with Gasteiger partial charge < -0.3 is 4.74 Å². The molecule has 0 aromatic heterocycles. The van der Waals surface area contributed by atoms with Gasteiger partial charge in [-0.2, -0.15) is 5.26 Å². The summed E-state index contributed by atoms with van der Waals surface area (Å²) in [6.07, 6.45) is 0. The molecule has 0 aliphatic heterocycles. The van der Waals surface area contributed by atoms with Crippen molar-refractivity contribution in [3.63, 3.8) is 0 Å². The Morgan fingerprint density at radius 3 is 2.45 bits per heavy atom. The molecule has 102 valence electrons. The highest BCUT2D eigenvalue weighted by Gasteiger charge is 2.14. The van der Waals surface area contributed by atoms with Crippen LogP contribution in [0.15, 0.2) is 53.4 Å². The minimum absolute atomic E-state index is 0.112. The number of nitriles is 1. The van der Waals surface area contributed by atoms with Crippen molar-refractivity contribution in [2.75, 3.05) is 11.8 Å². The first kappa shape index (κ1) is 13.9. The Hall–Kier alpha value is -2.52. The first-order valence-corrected chi connectivity index (χ1v) is 7.20. The molecule has 0 amide bonds. The maximum absolute atomic E-state index is 12.2. The van der Waals surface area contributed by atoms with Crippen LogP contribution in [0.25, 0.3) is 0 Å². The fraction of sp³-hybridized carbons (Fsp3) is 0.0714. The number of hydrogen-bond donors (Lipinski definition) is 1. The Bertz CT molecular complexity index is 747. The van der Waals surface area contributed by atoms with Crippen molar-refractivity contribution < 1.29 is 13.2 Å². The zero-order chi connectivity index (χ0) is 14.6. The lowest BCUT2D eigenvalue weighted by atomic mass is 10.2. The summed E-state index contributed by atoms with van der Waals surface area (Å²) in [6.45, 7) is 0. The minimum Gasteiger partial charge on any atom is -0.497 e. The van der Waals surface area contributed by atoms with Crippen LogP contribution in [-0.2, 0) is 10.0 Å². The van der Waals surface area contributed by atoms with Gasteiger partial charge in [-0.1, -0.05) is 6.07 Å². The van der Waals surface area contributed by atoms with Crippen molar-refractivity contribution in [2.24, 2.45) is 0 Å². The Balaban J connectivity index is 2.28. The van der Waals surface area contributed by atoms with Crippen LogP contribution in [0.3, 0.4) is 0 Å². The smallest absolute Gasteiger partial charge is 0.262 e. The van der Waals surface area contributed by atoms with Crippen LogP contribution in [-0.4, -0.2) is 15.5 Å². The summed E-state index contributed by atoms with van der Waals surface area (Å²) in [5.41, 5.74) is 0.862. The topological polar surface area (TPSA) is 79.2 Å². The van der Waals surface area contributed by atoms with E-state index in [0.29, 0.717) is 17.0 Å². The molecule has 0 unspecified atom stereocenters. The second-order valence-electron chi connectivity index (χ2n) is 3.97. The van der Waals surface area contributed by atoms with Crippen LogP contribution in [0.4, 0.5) is 5.69 Å². The largest absolute Gasteiger partial charge is 0.497 e. The van der Waals surface area contributed by atoms with E-state index < -0.39 is 10.0 Å². The number of benzene rings is 2. The van der Waals surface area contributed by atoms with Crippen LogP contribution in [0.5, 0.6) is 5.75 Å². The van der Waals surface area contributed by atoms with E-state index in [1.54, 1.807) is 24.3 Å². The first-order valence-electron chi connectivity index (χ1n) is 5.72. The number of methoxy groups -OCH3 is 1. The highest BCUT2D eigenvalue weighted by molar-refractivity contribution is 7.92. The van der Waals surface area contributed by atoms with Crippen LogP contribution in [0.2, 0.25) is 0 Å². The van der Waals surface area contributed by atoms with E-state index in [0.717, 1.165) is 0 Å². The summed E-state index contributed by atoms with van der Waals surface area (Å²) < 4.78 is 31.8. The average Bonchev–Trinajstić information content (AvgIpc) is 2.48. The van der Waals surface area contributed by atoms with Gasteiger partial charge in [-0.15, -0.1) is 0 Å². The molecule has 0 saturated heterocycles. The molecule has 20 heavy (non-hydrogen) atoms. The number of rotatable bonds is 4. The van der Waals surface area contributed by atoms with Gasteiger partial charge in [0.25, 0.3) is 10.0 Å². The molecular weight excluding hydrogens is 276 g/mol. The fourth-order valence-electron chi connectivity index (χ4n) is 1.60. The van der Waals surface area contributed by atoms with E-state index in [4.69, 9.17) is 10.00 Å². The zero-order valence-electron chi connectivity index (χ0n) is 10.7. The van der Waals surface area contributed by atoms with Crippen molar-refractivity contribution >= 4 is 15.7 Å². The van der Waals surface area contributed by atoms with Gasteiger partial charge in [0.2, 0.25) is 0 Å². The van der Waals surface area contributed by atoms with E-state index in [1.807, 2.05) is 6.07 Å². The van der Waals surface area contributed by atoms with Crippen LogP contribution in [0, 0.1) is 11.3 Å². The number of nitrogens with one attached hydrogen (secondary N) is 1. The van der Waals surface area contributed by atoms with Crippen molar-refractivity contribution in [1.29, 1.82) is 5.26 Å². The number of ether oxygens (including phenoxy) is 1. The van der Waals surface area contributed by atoms with Crippen molar-refractivity contribution in [3.8, 4) is 11.8 Å². The number of anilines is 1. The number of sulfonamides is 1. The van der Waals surface area contributed by atoms with Crippen molar-refractivity contribution in [3.05, 3.63) is 54.1 Å². The molecule has 0 saturated carbocycles. The van der Waals surface area contributed by atoms with Gasteiger partial charge in [0.1, 0.15) is 5.75 Å². The first-order chi connectivity index (χ1) is 9.55. The van der Waals surface area contributed by atoms with Crippen molar-refractivity contribution in [1.82, 2.24) is 0 Å². The standard InChI is InChI=1S/C14H12N2O3S/c1-19-13-3-2-4-14(9-13)20(17,18)16-12-7-5-11(10-15)6-8-12/h2-9,16H,1H3. The van der Waals surface area contributed by atoms with Crippen LogP contribution in [0.1, 0.15) is 5.56 Å². The van der Waals surface area contributed by atoms with Gasteiger partial charge in [0.05, 0.1) is 23.6 Å². The third kappa shape index (κ3) is 3.08. The minimum atomic E-state index is -3.68. The Morgan fingerprint density at radius 2 is 1.85 bits per heavy atom. The normalized spacial score (nSPS) is 10.6. The van der Waals surface area contributed by atoms with Gasteiger partial charge in [0, 0.05) is 11.8 Å². The second kappa shape index (κ2) is 5.63. The van der Waals surface area contributed by atoms with E-state index in [2.05, 4.69) is 4.72 Å². The molecular formula is C14H12N2O3S. The molecule has 5 nitrogen and oxygen atoms in total. The SMILES string of the molecule is COc1cccc(S(=O)(=O)Nc2ccc(C#N)cc2)c1. The van der Waals surface area contributed by atoms with Gasteiger partial charge in [-0.3, -0.25) is 4.72 Å². The van der Waals surface area contributed by atoms with Crippen LogP contribution >= 0.6 is 0 Å². The Labute approximate surface area is 117 Å². The molecule has 0 bridgehead atoms. The lowest BCUT2D eigenvalue weighted by Crippen LogP contribution is -2.12. The maximum Gasteiger partial charge on any atom is 0.262 e. The molecule has 0 aliphatic rings. The summed E-state index contributed by atoms with van der Waals surface area (Å²) in [5.74, 6) is 0.465. The summed E-state index contributed by atoms with van der Waals surface area (Å²) in [7, 11) is -2.21. The van der Waals surface area contributed by atoms with Crippen molar-refractivity contribution in [2.45, 2.75) is 4.90 Å². The summed E-state index contributed by atoms with van der Waals surface area (Å²) in [5, 5.41) is 8.69. The molecule has 2 aromatic rings. The predicted octanol–water partition coefficient (Wildman–Crippen LogP) is 2.37. The zero-order valence-corrected chi connectivity index (χ0v) is 11.5. The summed E-state index contributed by atoms with van der Waals surface area (Å²) in [6, 6.07) is 14.3. The Morgan fingerprint density at radius 1 is 1.15 bits per heavy atom. The monoisotopic (exact) mass is 288 g/mol. The predicted molar refractivity (Wildman–Crippen MR) is 75.0 cm³/mol. The van der Waals surface area contributed by atoms with Gasteiger partial charge in [-0.05, 0) is 36.4 Å². The molecule has 2 aromatic carbocycles. The van der Waals surface area contributed by atoms with Gasteiger partial charge in [-0.25, -0.2) is 8.42 Å². The van der Waals surface area contributed by atoms with E-state index in [-0.39, 0.29) is 4.90 Å². The highest BCUT2D eigenvalue weighted by Crippen LogP contribution is 2.20. The lowest BCUT2D eigenvalue weighted by molar-refractivity contribution is 0.413. The molecule has 1 N–H and O–H groups in total. The molecule has 0 atom stereocenters. The summed E-state index contributed by atoms with van der Waals surface area (Å²) >= 11 is 0. The lowest BCUT2D eigenvalue weighted by Gasteiger charge is -2.09. The van der Waals surface area contributed by atoms with Crippen LogP contribution < -0.4 is 9.46 Å². The van der Waals surface area contributed by atoms with E-state index in [1.165, 1.54) is 31.4 Å². The molecule has 6 heteroatoms. The second-order valence-corrected chi connectivity index (χ2v) is 5.66. The highest BCUT2D eigenvalue weighted by atomic mass is 32.2. The quantitative estimate of drug-likeness (QED) is 0.936. The average molecular weight is 288 g/mol. The maximum atomic E-state index is 12.2. The third-order valence-electron chi connectivity index (χ3n) is 2.62. The summed E-state index contributed by atoms with van der Waals surface area (Å²) in [4.78, 5) is 0.112. The number of nitrogens with zero attached hydrogens (tertiary/aromatic N) is 1. The van der Waals surface area contributed by atoms with E-state index in [9.17, 15) is 8.42 Å². The van der Waals surface area contributed by atoms with Gasteiger partial charge in [0.15, 0.2) is 0 Å². The molecule has 0 heterocycles. The molecule has 0 fully saturated rings. The molecule has 0 aliphatic carbocycles. The molecule has 0 spiro atoms. The fourth-order valence-corrected chi connectivity index (χ4v) is 2.69. The van der Waals surface area contributed by atoms with E-state index >= 15 is 0 Å². The molecule has 2 rings (SSSR count). The third-order valence-corrected chi connectivity index (χ3v) is 4.00. The number of hydrogen-bond acceptors (Lipinski definition) is 4.